The second-order valence-electron chi connectivity index (χ2n) is 7.84. The van der Waals surface area contributed by atoms with Crippen molar-refractivity contribution in [2.24, 2.45) is 0 Å². The smallest absolute Gasteiger partial charge is 0.226 e. The maximum Gasteiger partial charge on any atom is 0.226 e. The fourth-order valence-corrected chi connectivity index (χ4v) is 3.80. The van der Waals surface area contributed by atoms with Crippen LogP contribution in [0, 0.1) is 0 Å². The fourth-order valence-electron chi connectivity index (χ4n) is 3.64. The van der Waals surface area contributed by atoms with Crippen LogP contribution in [-0.4, -0.2) is 86.9 Å². The molecular formula is C21H12B10ClN3O. The molecular weight excluding hydrogens is 454 g/mol. The molecule has 0 N–H and O–H groups in total. The maximum atomic E-state index is 8.19. The lowest BCUT2D eigenvalue weighted by Gasteiger charge is -2.23. The van der Waals surface area contributed by atoms with Crippen LogP contribution in [0.5, 0.6) is 0 Å². The van der Waals surface area contributed by atoms with Crippen molar-refractivity contribution in [1.29, 1.82) is 0 Å². The van der Waals surface area contributed by atoms with Gasteiger partial charge in [0.2, 0.25) is 5.28 Å². The molecule has 5 rings (SSSR count). The van der Waals surface area contributed by atoms with Crippen LogP contribution in [0.1, 0.15) is 6.85 Å². The minimum Gasteiger partial charge on any atom is -0.455 e. The second-order valence-corrected chi connectivity index (χ2v) is 8.18. The van der Waals surface area contributed by atoms with Gasteiger partial charge in [-0.1, -0.05) is 60.5 Å². The third kappa shape index (κ3) is 5.86. The molecule has 154 valence electrons. The largest absolute Gasteiger partial charge is 0.455 e. The molecule has 12 radical (unpaired) electrons. The molecule has 0 fully saturated rings. The first-order valence-electron chi connectivity index (χ1n) is 13.3. The van der Waals surface area contributed by atoms with Gasteiger partial charge in [0.15, 0.2) is 11.6 Å². The van der Waals surface area contributed by atoms with E-state index in [0.29, 0.717) is 16.7 Å². The molecule has 3 aromatic carbocycles. The van der Waals surface area contributed by atoms with Gasteiger partial charge in [0.05, 0.1) is 12.4 Å². The van der Waals surface area contributed by atoms with Gasteiger partial charge in [0.25, 0.3) is 0 Å². The zero-order valence-corrected chi connectivity index (χ0v) is 19.7. The molecule has 0 aliphatic carbocycles. The lowest BCUT2D eigenvalue weighted by Crippen LogP contribution is -2.62. The molecule has 0 atom stereocenters. The van der Waals surface area contributed by atoms with Crippen molar-refractivity contribution in [3.63, 3.8) is 0 Å². The minimum absolute atomic E-state index is 0.111. The first-order chi connectivity index (χ1) is 19.3. The summed E-state index contributed by atoms with van der Waals surface area (Å²) in [5.41, 5.74) is 1.66. The number of furan rings is 1. The molecule has 2 aromatic heterocycles. The molecule has 0 amide bonds. The van der Waals surface area contributed by atoms with Crippen LogP contribution in [0.4, 0.5) is 0 Å². The lowest BCUT2D eigenvalue weighted by atomic mass is 8.58. The molecule has 0 spiro atoms. The number of fused-ring (bicyclic) bond motifs is 3. The molecule has 4 nitrogen and oxygen atoms in total. The van der Waals surface area contributed by atoms with E-state index >= 15 is 0 Å². The fraction of sp³-hybridized carbons (Fsp3) is 0. The van der Waals surface area contributed by atoms with Crippen molar-refractivity contribution in [1.82, 2.24) is 15.0 Å². The Bertz CT molecular complexity index is 1700. The SMILES string of the molecule is [2H]c1c([2H])c([2H])c(-c2nc(Cl)nc(-c3cccc4c3oc3ccccc34)n2)c([2H])c1[2H].[B]B([B])B(B([B])[B])B([B])[B]. The van der Waals surface area contributed by atoms with Gasteiger partial charge in [-0.2, -0.15) is 9.97 Å². The third-order valence-corrected chi connectivity index (χ3v) is 5.48. The Labute approximate surface area is 232 Å². The van der Waals surface area contributed by atoms with E-state index in [1.807, 2.05) is 36.4 Å². The average Bonchev–Trinajstić information content (AvgIpc) is 3.29. The van der Waals surface area contributed by atoms with Crippen molar-refractivity contribution >= 4 is 106 Å². The molecule has 0 aliphatic heterocycles. The predicted molar refractivity (Wildman–Crippen MR) is 161 cm³/mol. The van der Waals surface area contributed by atoms with Gasteiger partial charge in [-0.15, -0.1) is 0 Å². The van der Waals surface area contributed by atoms with Crippen molar-refractivity contribution in [2.75, 3.05) is 0 Å². The van der Waals surface area contributed by atoms with E-state index in [4.69, 9.17) is 69.3 Å². The highest BCUT2D eigenvalue weighted by Gasteiger charge is 2.24. The number of hydrogen-bond donors (Lipinski definition) is 0. The summed E-state index contributed by atoms with van der Waals surface area (Å²) in [6.07, 6.45) is -2.44. The molecule has 2 heterocycles. The summed E-state index contributed by atoms with van der Waals surface area (Å²) in [7, 11) is 31.8. The highest BCUT2D eigenvalue weighted by Crippen LogP contribution is 2.35. The Morgan fingerprint density at radius 1 is 0.722 bits per heavy atom. The summed E-state index contributed by atoms with van der Waals surface area (Å²) in [5.74, 6) is 0.0616. The molecule has 0 aliphatic rings. The van der Waals surface area contributed by atoms with Gasteiger partial charge in [0, 0.05) is 88.3 Å². The Balaban J connectivity index is 0.000000334. The van der Waals surface area contributed by atoms with E-state index in [1.54, 1.807) is 6.07 Å². The van der Waals surface area contributed by atoms with Gasteiger partial charge < -0.3 is 4.42 Å². The molecule has 0 bridgehead atoms. The van der Waals surface area contributed by atoms with Crippen molar-refractivity contribution in [3.8, 4) is 22.8 Å². The highest BCUT2D eigenvalue weighted by atomic mass is 35.5. The Kier molecular flexibility index (Phi) is 6.62. The van der Waals surface area contributed by atoms with Crippen LogP contribution < -0.4 is 0 Å². The average molecular weight is 471 g/mol. The standard InChI is InChI=1S/C21H12ClN3O.B10/c22-21-24-19(13-7-2-1-3-8-13)23-20(25-21)16-11-6-10-15-14-9-4-5-12-17(14)26-18(15)16;1-7(2)10(8(3)4)9(5)6/h1-12H;/i1D,2D,3D,7D,8D;. The van der Waals surface area contributed by atoms with E-state index in [-0.39, 0.29) is 22.5 Å². The quantitative estimate of drug-likeness (QED) is 0.368. The van der Waals surface area contributed by atoms with E-state index < -0.39 is 55.8 Å². The van der Waals surface area contributed by atoms with Gasteiger partial charge in [-0.05, 0) is 23.7 Å². The first-order valence-corrected chi connectivity index (χ1v) is 11.1. The molecule has 0 saturated heterocycles. The molecule has 0 saturated carbocycles. The van der Waals surface area contributed by atoms with Gasteiger partial charge in [0.1, 0.15) is 11.2 Å². The van der Waals surface area contributed by atoms with Gasteiger partial charge in [-0.3, -0.25) is 0 Å². The molecule has 5 aromatic rings. The minimum atomic E-state index is -0.667. The molecule has 36 heavy (non-hydrogen) atoms. The molecule has 15 heteroatoms. The Hall–Kier alpha value is -2.59. The zero-order valence-electron chi connectivity index (χ0n) is 23.9. The van der Waals surface area contributed by atoms with Gasteiger partial charge in [-0.25, -0.2) is 4.98 Å². The number of halogens is 1. The van der Waals surface area contributed by atoms with Crippen molar-refractivity contribution in [3.05, 3.63) is 78.0 Å². The topological polar surface area (TPSA) is 51.8 Å². The van der Waals surface area contributed by atoms with E-state index in [2.05, 4.69) is 15.0 Å². The summed E-state index contributed by atoms with van der Waals surface area (Å²) < 4.78 is 46.0. The highest BCUT2D eigenvalue weighted by molar-refractivity contribution is 8.00. The zero-order chi connectivity index (χ0) is 30.2. The van der Waals surface area contributed by atoms with Crippen LogP contribution in [0.2, 0.25) is 5.28 Å². The van der Waals surface area contributed by atoms with Crippen molar-refractivity contribution in [2.45, 2.75) is 0 Å². The number of benzene rings is 3. The maximum absolute atomic E-state index is 8.19. The number of hydrogen-bond acceptors (Lipinski definition) is 4. The van der Waals surface area contributed by atoms with Crippen molar-refractivity contribution < 1.29 is 11.3 Å². The van der Waals surface area contributed by atoms with Crippen LogP contribution in [0.3, 0.4) is 0 Å². The summed E-state index contributed by atoms with van der Waals surface area (Å²) >= 11 is 6.15. The Morgan fingerprint density at radius 3 is 1.97 bits per heavy atom. The van der Waals surface area contributed by atoms with E-state index in [9.17, 15) is 0 Å². The number of nitrogens with zero attached hydrogens (tertiary/aromatic N) is 3. The van der Waals surface area contributed by atoms with Crippen LogP contribution in [0.15, 0.2) is 77.1 Å². The van der Waals surface area contributed by atoms with E-state index in [0.717, 1.165) is 10.8 Å². The number of para-hydroxylation sites is 2. The third-order valence-electron chi connectivity index (χ3n) is 5.31. The first kappa shape index (κ1) is 20.5. The van der Waals surface area contributed by atoms with E-state index in [1.165, 1.54) is 0 Å². The monoisotopic (exact) mass is 472 g/mol. The van der Waals surface area contributed by atoms with Crippen LogP contribution in [-0.2, 0) is 0 Å². The van der Waals surface area contributed by atoms with Gasteiger partial charge >= 0.3 is 0 Å². The van der Waals surface area contributed by atoms with Crippen LogP contribution in [0.25, 0.3) is 44.7 Å². The summed E-state index contributed by atoms with van der Waals surface area (Å²) in [4.78, 5) is 12.6. The lowest BCUT2D eigenvalue weighted by molar-refractivity contribution is 0.669. The van der Waals surface area contributed by atoms with Crippen LogP contribution >= 0.6 is 11.6 Å². The molecule has 0 unspecified atom stereocenters. The second kappa shape index (κ2) is 11.6. The summed E-state index contributed by atoms with van der Waals surface area (Å²) in [6.45, 7) is 0. The number of rotatable bonds is 5. The summed E-state index contributed by atoms with van der Waals surface area (Å²) in [6, 6.07) is 10.8. The summed E-state index contributed by atoms with van der Waals surface area (Å²) in [5, 5.41) is 1.64. The normalized spacial score (nSPS) is 12.4. The predicted octanol–water partition coefficient (Wildman–Crippen LogP) is 1.95. The number of aromatic nitrogens is 3. The Morgan fingerprint density at radius 2 is 1.33 bits per heavy atom.